The van der Waals surface area contributed by atoms with Crippen molar-refractivity contribution in [3.8, 4) is 0 Å². The van der Waals surface area contributed by atoms with Gasteiger partial charge in [0.25, 0.3) is 5.91 Å². The Morgan fingerprint density at radius 1 is 1.19 bits per heavy atom. The van der Waals surface area contributed by atoms with Crippen LogP contribution < -0.4 is 0 Å². The zero-order chi connectivity index (χ0) is 12.0. The molecular weight excluding hydrogens is 313 g/mol. The van der Waals surface area contributed by atoms with Crippen LogP contribution in [0.4, 0.5) is 0 Å². The molecule has 16 heavy (non-hydrogen) atoms. The lowest BCUT2D eigenvalue weighted by atomic mass is 10.2. The molecule has 1 aromatic carbocycles. The summed E-state index contributed by atoms with van der Waals surface area (Å²) in [7, 11) is 0. The van der Waals surface area contributed by atoms with Crippen molar-refractivity contribution in [1.29, 1.82) is 0 Å². The van der Waals surface area contributed by atoms with Gasteiger partial charge in [0.1, 0.15) is 0 Å². The van der Waals surface area contributed by atoms with Crippen molar-refractivity contribution < 1.29 is 4.79 Å². The maximum absolute atomic E-state index is 12.1. The Balaban J connectivity index is 2.85. The summed E-state index contributed by atoms with van der Waals surface area (Å²) in [6.45, 7) is 1.02. The number of benzene rings is 1. The number of amides is 1. The molecule has 0 aliphatic rings. The minimum atomic E-state index is -0.0474. The number of rotatable bonds is 5. The Kier molecular flexibility index (Phi) is 6.17. The third-order valence-corrected chi connectivity index (χ3v) is 3.13. The third-order valence-electron chi connectivity index (χ3n) is 2.10. The maximum Gasteiger partial charge on any atom is 0.255 e. The number of carbonyl (C=O) groups excluding carboxylic acids is 1. The highest BCUT2D eigenvalue weighted by atomic mass is 79.9. The van der Waals surface area contributed by atoms with Gasteiger partial charge in [0, 0.05) is 29.3 Å². The zero-order valence-electron chi connectivity index (χ0n) is 8.63. The molecule has 1 amide bonds. The second-order valence-corrected chi connectivity index (χ2v) is 4.76. The van der Waals surface area contributed by atoms with Gasteiger partial charge in [-0.2, -0.15) is 0 Å². The van der Waals surface area contributed by atoms with E-state index in [4.69, 9.17) is 23.2 Å². The van der Waals surface area contributed by atoms with Gasteiger partial charge < -0.3 is 4.90 Å². The molecule has 0 fully saturated rings. The number of carbonyl (C=O) groups is 1. The highest BCUT2D eigenvalue weighted by Crippen LogP contribution is 2.17. The van der Waals surface area contributed by atoms with E-state index in [0.29, 0.717) is 30.4 Å². The molecule has 0 aromatic heterocycles. The molecule has 1 rings (SSSR count). The van der Waals surface area contributed by atoms with E-state index < -0.39 is 0 Å². The van der Waals surface area contributed by atoms with Crippen LogP contribution in [0.15, 0.2) is 28.7 Å². The van der Waals surface area contributed by atoms with Gasteiger partial charge in [-0.3, -0.25) is 4.79 Å². The molecule has 0 unspecified atom stereocenters. The lowest BCUT2D eigenvalue weighted by Gasteiger charge is -2.21. The number of hydrogen-bond acceptors (Lipinski definition) is 1. The van der Waals surface area contributed by atoms with Crippen LogP contribution >= 0.6 is 39.1 Å². The highest BCUT2D eigenvalue weighted by Gasteiger charge is 2.16. The minimum Gasteiger partial charge on any atom is -0.336 e. The monoisotopic (exact) mass is 323 g/mol. The fourth-order valence-corrected chi connectivity index (χ4v) is 2.19. The molecule has 0 radical (unpaired) electrons. The molecule has 0 aliphatic heterocycles. The van der Waals surface area contributed by atoms with E-state index >= 15 is 0 Å². The molecule has 88 valence electrons. The van der Waals surface area contributed by atoms with E-state index in [9.17, 15) is 4.79 Å². The summed E-state index contributed by atoms with van der Waals surface area (Å²) in [5, 5.41) is 0. The first-order valence-electron chi connectivity index (χ1n) is 4.86. The molecule has 0 saturated carbocycles. The molecule has 0 bridgehead atoms. The first-order valence-corrected chi connectivity index (χ1v) is 6.72. The molecular formula is C11H12BrCl2NO. The summed E-state index contributed by atoms with van der Waals surface area (Å²) in [5.74, 6) is 0.772. The van der Waals surface area contributed by atoms with Crippen molar-refractivity contribution in [2.45, 2.75) is 0 Å². The Morgan fingerprint density at radius 2 is 1.75 bits per heavy atom. The van der Waals surface area contributed by atoms with Crippen LogP contribution in [0.3, 0.4) is 0 Å². The lowest BCUT2D eigenvalue weighted by molar-refractivity contribution is 0.0774. The van der Waals surface area contributed by atoms with Gasteiger partial charge >= 0.3 is 0 Å². The van der Waals surface area contributed by atoms with Crippen LogP contribution in [0.25, 0.3) is 0 Å². The van der Waals surface area contributed by atoms with Crippen LogP contribution in [0.1, 0.15) is 10.4 Å². The third kappa shape index (κ3) is 3.65. The Labute approximate surface area is 114 Å². The van der Waals surface area contributed by atoms with Gasteiger partial charge in [-0.15, -0.1) is 23.2 Å². The smallest absolute Gasteiger partial charge is 0.255 e. The summed E-state index contributed by atoms with van der Waals surface area (Å²) in [4.78, 5) is 13.8. The summed E-state index contributed by atoms with van der Waals surface area (Å²) in [6, 6.07) is 7.32. The fourth-order valence-electron chi connectivity index (χ4n) is 1.32. The van der Waals surface area contributed by atoms with E-state index in [1.54, 1.807) is 11.0 Å². The summed E-state index contributed by atoms with van der Waals surface area (Å²) in [6.07, 6.45) is 0. The van der Waals surface area contributed by atoms with E-state index in [1.165, 1.54) is 0 Å². The predicted molar refractivity (Wildman–Crippen MR) is 71.5 cm³/mol. The molecule has 2 nitrogen and oxygen atoms in total. The minimum absolute atomic E-state index is 0.0474. The van der Waals surface area contributed by atoms with Crippen molar-refractivity contribution >= 4 is 45.0 Å². The Hall–Kier alpha value is -0.250. The Bertz CT molecular complexity index is 354. The average molecular weight is 325 g/mol. The van der Waals surface area contributed by atoms with Crippen molar-refractivity contribution in [1.82, 2.24) is 4.90 Å². The zero-order valence-corrected chi connectivity index (χ0v) is 11.7. The maximum atomic E-state index is 12.1. The highest BCUT2D eigenvalue weighted by molar-refractivity contribution is 9.10. The molecule has 0 heterocycles. The van der Waals surface area contributed by atoms with Crippen LogP contribution in [-0.4, -0.2) is 35.7 Å². The molecule has 0 spiro atoms. The summed E-state index contributed by atoms with van der Waals surface area (Å²) in [5.41, 5.74) is 0.637. The number of hydrogen-bond donors (Lipinski definition) is 0. The van der Waals surface area contributed by atoms with Gasteiger partial charge in [-0.1, -0.05) is 12.1 Å². The van der Waals surface area contributed by atoms with Gasteiger partial charge in [-0.05, 0) is 28.1 Å². The summed E-state index contributed by atoms with van der Waals surface area (Å²) < 4.78 is 0.786. The second-order valence-electron chi connectivity index (χ2n) is 3.15. The molecule has 5 heteroatoms. The number of halogens is 3. The van der Waals surface area contributed by atoms with Gasteiger partial charge in [0.15, 0.2) is 0 Å². The standard InChI is InChI=1S/C11H12BrCl2NO/c12-10-4-2-1-3-9(10)11(16)15(7-5-13)8-6-14/h1-4H,5-8H2. The van der Waals surface area contributed by atoms with Gasteiger partial charge in [0.2, 0.25) is 0 Å². The number of nitrogens with zero attached hydrogens (tertiary/aromatic N) is 1. The quantitative estimate of drug-likeness (QED) is 0.760. The number of alkyl halides is 2. The van der Waals surface area contributed by atoms with Crippen molar-refractivity contribution in [2.24, 2.45) is 0 Å². The van der Waals surface area contributed by atoms with Crippen LogP contribution in [0.5, 0.6) is 0 Å². The summed E-state index contributed by atoms with van der Waals surface area (Å²) >= 11 is 14.7. The molecule has 0 aliphatic carbocycles. The fraction of sp³-hybridized carbons (Fsp3) is 0.364. The van der Waals surface area contributed by atoms with E-state index in [-0.39, 0.29) is 5.91 Å². The first kappa shape index (κ1) is 13.8. The predicted octanol–water partition coefficient (Wildman–Crippen LogP) is 3.37. The van der Waals surface area contributed by atoms with Crippen LogP contribution in [-0.2, 0) is 0 Å². The molecule has 0 N–H and O–H groups in total. The topological polar surface area (TPSA) is 20.3 Å². The molecule has 0 atom stereocenters. The molecule has 0 saturated heterocycles. The van der Waals surface area contributed by atoms with E-state index in [0.717, 1.165) is 4.47 Å². The van der Waals surface area contributed by atoms with Crippen LogP contribution in [0.2, 0.25) is 0 Å². The SMILES string of the molecule is O=C(c1ccccc1Br)N(CCCl)CCCl. The Morgan fingerprint density at radius 3 is 2.25 bits per heavy atom. The van der Waals surface area contributed by atoms with Gasteiger partial charge in [0.05, 0.1) is 5.56 Å². The average Bonchev–Trinajstić information content (AvgIpc) is 2.28. The second kappa shape index (κ2) is 7.15. The van der Waals surface area contributed by atoms with E-state index in [2.05, 4.69) is 15.9 Å². The van der Waals surface area contributed by atoms with Crippen molar-refractivity contribution in [3.05, 3.63) is 34.3 Å². The normalized spacial score (nSPS) is 10.2. The van der Waals surface area contributed by atoms with E-state index in [1.807, 2.05) is 18.2 Å². The van der Waals surface area contributed by atoms with Crippen LogP contribution in [0, 0.1) is 0 Å². The molecule has 1 aromatic rings. The van der Waals surface area contributed by atoms with Crippen molar-refractivity contribution in [3.63, 3.8) is 0 Å². The lowest BCUT2D eigenvalue weighted by Crippen LogP contribution is -2.34. The largest absolute Gasteiger partial charge is 0.336 e. The van der Waals surface area contributed by atoms with Gasteiger partial charge in [-0.25, -0.2) is 0 Å². The first-order chi connectivity index (χ1) is 7.70. The van der Waals surface area contributed by atoms with Crippen molar-refractivity contribution in [2.75, 3.05) is 24.8 Å².